The Kier molecular flexibility index (Phi) is 7.03. The average molecular weight is 515 g/mol. The lowest BCUT2D eigenvalue weighted by Crippen LogP contribution is -2.49. The van der Waals surface area contributed by atoms with Crippen LogP contribution in [0.4, 0.5) is 19.0 Å². The molecule has 0 saturated heterocycles. The molecule has 12 heteroatoms. The highest BCUT2D eigenvalue weighted by Gasteiger charge is 2.51. The molecule has 9 nitrogen and oxygen atoms in total. The van der Waals surface area contributed by atoms with Crippen LogP contribution < -0.4 is 21.1 Å². The second kappa shape index (κ2) is 10.1. The van der Waals surface area contributed by atoms with Crippen molar-refractivity contribution in [3.05, 3.63) is 77.2 Å². The standard InChI is InChI=1S/C25H24F3N5O4/c1-14(34)15-5-8-20(18(11-15)25(26,27)28)37-17-7-6-16(30-13-17)12-31-23(36)24(9-10-24)33-22(35)19-3-2-4-21(29)32-19/h2-8,11,13-14,34H,9-10,12H2,1H3,(H2,29,32)(H,31,36)(H,33,35). The first-order valence-electron chi connectivity index (χ1n) is 11.3. The summed E-state index contributed by atoms with van der Waals surface area (Å²) in [7, 11) is 0. The summed E-state index contributed by atoms with van der Waals surface area (Å²) in [5.74, 6) is -1.09. The highest BCUT2D eigenvalue weighted by molar-refractivity contribution is 5.99. The second-order valence-electron chi connectivity index (χ2n) is 8.68. The van der Waals surface area contributed by atoms with Crippen molar-refractivity contribution in [2.45, 2.75) is 44.1 Å². The molecule has 37 heavy (non-hydrogen) atoms. The largest absolute Gasteiger partial charge is 0.455 e. The molecule has 1 saturated carbocycles. The van der Waals surface area contributed by atoms with Crippen LogP contribution in [-0.4, -0.2) is 32.4 Å². The minimum Gasteiger partial charge on any atom is -0.455 e. The SMILES string of the molecule is CC(O)c1ccc(Oc2ccc(CNC(=O)C3(NC(=O)c4cccc(N)n4)CC3)nc2)c(C(F)(F)F)c1. The van der Waals surface area contributed by atoms with E-state index in [2.05, 4.69) is 20.6 Å². The Bertz CT molecular complexity index is 1310. The number of amides is 2. The van der Waals surface area contributed by atoms with E-state index in [-0.39, 0.29) is 35.3 Å². The minimum absolute atomic E-state index is 0.0319. The number of nitrogens with two attached hydrogens (primary N) is 1. The van der Waals surface area contributed by atoms with Crippen molar-refractivity contribution < 1.29 is 32.6 Å². The molecule has 2 amide bonds. The molecule has 1 fully saturated rings. The summed E-state index contributed by atoms with van der Waals surface area (Å²) in [6, 6.07) is 10.9. The van der Waals surface area contributed by atoms with Crippen LogP contribution in [0, 0.1) is 0 Å². The van der Waals surface area contributed by atoms with Gasteiger partial charge in [0.15, 0.2) is 0 Å². The summed E-state index contributed by atoms with van der Waals surface area (Å²) in [5, 5.41) is 15.0. The highest BCUT2D eigenvalue weighted by atomic mass is 19.4. The minimum atomic E-state index is -4.69. The van der Waals surface area contributed by atoms with Gasteiger partial charge in [-0.2, -0.15) is 13.2 Å². The topological polar surface area (TPSA) is 139 Å². The highest BCUT2D eigenvalue weighted by Crippen LogP contribution is 2.39. The number of ether oxygens (including phenoxy) is 1. The number of aliphatic hydroxyl groups excluding tert-OH is 1. The van der Waals surface area contributed by atoms with Crippen molar-refractivity contribution >= 4 is 17.6 Å². The average Bonchev–Trinajstić information content (AvgIpc) is 3.63. The third-order valence-electron chi connectivity index (χ3n) is 5.79. The molecule has 2 aromatic heterocycles. The van der Waals surface area contributed by atoms with E-state index in [4.69, 9.17) is 10.5 Å². The number of aromatic nitrogens is 2. The molecule has 1 aromatic carbocycles. The fourth-order valence-corrected chi connectivity index (χ4v) is 3.55. The van der Waals surface area contributed by atoms with Crippen LogP contribution in [0.1, 0.15) is 53.2 Å². The third kappa shape index (κ3) is 6.15. The van der Waals surface area contributed by atoms with Gasteiger partial charge in [-0.15, -0.1) is 0 Å². The van der Waals surface area contributed by atoms with Gasteiger partial charge in [0, 0.05) is 0 Å². The Labute approximate surface area is 209 Å². The number of alkyl halides is 3. The number of pyridine rings is 2. The zero-order valence-electron chi connectivity index (χ0n) is 19.7. The lowest BCUT2D eigenvalue weighted by Gasteiger charge is -2.17. The Morgan fingerprint density at radius 1 is 1.19 bits per heavy atom. The lowest BCUT2D eigenvalue weighted by molar-refractivity contribution is -0.138. The fraction of sp³-hybridized carbons (Fsp3) is 0.280. The quantitative estimate of drug-likeness (QED) is 0.360. The number of rotatable bonds is 8. The van der Waals surface area contributed by atoms with E-state index in [1.54, 1.807) is 12.1 Å². The van der Waals surface area contributed by atoms with E-state index in [0.29, 0.717) is 18.5 Å². The molecule has 1 atom stereocenters. The number of carbonyl (C=O) groups is 2. The number of nitrogens with zero attached hydrogens (tertiary/aromatic N) is 2. The first-order chi connectivity index (χ1) is 17.5. The number of nitrogen functional groups attached to an aromatic ring is 1. The molecule has 4 rings (SSSR count). The van der Waals surface area contributed by atoms with Crippen LogP contribution in [0.3, 0.4) is 0 Å². The van der Waals surface area contributed by atoms with Crippen molar-refractivity contribution in [1.29, 1.82) is 0 Å². The van der Waals surface area contributed by atoms with Crippen molar-refractivity contribution in [3.63, 3.8) is 0 Å². The molecule has 0 bridgehead atoms. The van der Waals surface area contributed by atoms with Crippen LogP contribution in [0.25, 0.3) is 0 Å². The smallest absolute Gasteiger partial charge is 0.419 e. The van der Waals surface area contributed by atoms with E-state index in [1.165, 1.54) is 37.4 Å². The molecule has 194 valence electrons. The molecule has 0 radical (unpaired) electrons. The number of carbonyl (C=O) groups excluding carboxylic acids is 2. The molecular weight excluding hydrogens is 491 g/mol. The van der Waals surface area contributed by atoms with Gasteiger partial charge in [0.05, 0.1) is 30.1 Å². The first kappa shape index (κ1) is 25.9. The van der Waals surface area contributed by atoms with Crippen LogP contribution >= 0.6 is 0 Å². The van der Waals surface area contributed by atoms with Gasteiger partial charge in [0.1, 0.15) is 28.5 Å². The molecule has 2 heterocycles. The number of anilines is 1. The van der Waals surface area contributed by atoms with Gasteiger partial charge in [0.2, 0.25) is 5.91 Å². The van der Waals surface area contributed by atoms with Crippen molar-refractivity contribution in [3.8, 4) is 11.5 Å². The molecule has 3 aromatic rings. The summed E-state index contributed by atoms with van der Waals surface area (Å²) in [5.41, 5.74) is 4.18. The predicted molar refractivity (Wildman–Crippen MR) is 126 cm³/mol. The van der Waals surface area contributed by atoms with E-state index >= 15 is 0 Å². The summed E-state index contributed by atoms with van der Waals surface area (Å²) >= 11 is 0. The maximum absolute atomic E-state index is 13.5. The third-order valence-corrected chi connectivity index (χ3v) is 5.79. The van der Waals surface area contributed by atoms with Crippen LogP contribution in [-0.2, 0) is 17.5 Å². The monoisotopic (exact) mass is 515 g/mol. The van der Waals surface area contributed by atoms with Gasteiger partial charge in [-0.05, 0) is 61.7 Å². The van der Waals surface area contributed by atoms with Gasteiger partial charge in [0.25, 0.3) is 5.91 Å². The lowest BCUT2D eigenvalue weighted by atomic mass is 10.1. The number of nitrogens with one attached hydrogen (secondary N) is 2. The summed E-state index contributed by atoms with van der Waals surface area (Å²) in [6.45, 7) is 1.40. The van der Waals surface area contributed by atoms with Crippen LogP contribution in [0.5, 0.6) is 11.5 Å². The zero-order chi connectivity index (χ0) is 26.8. The molecule has 5 N–H and O–H groups in total. The Hall–Kier alpha value is -4.19. The molecule has 0 spiro atoms. The Morgan fingerprint density at radius 3 is 2.54 bits per heavy atom. The molecular formula is C25H24F3N5O4. The van der Waals surface area contributed by atoms with E-state index < -0.39 is 35.0 Å². The first-order valence-corrected chi connectivity index (χ1v) is 11.3. The van der Waals surface area contributed by atoms with Gasteiger partial charge in [-0.1, -0.05) is 12.1 Å². The number of benzene rings is 1. The maximum Gasteiger partial charge on any atom is 0.419 e. The zero-order valence-corrected chi connectivity index (χ0v) is 19.7. The van der Waals surface area contributed by atoms with E-state index in [1.807, 2.05) is 0 Å². The molecule has 1 aliphatic rings. The van der Waals surface area contributed by atoms with Gasteiger partial charge < -0.3 is 26.2 Å². The molecule has 0 aliphatic heterocycles. The van der Waals surface area contributed by atoms with Gasteiger partial charge in [-0.25, -0.2) is 4.98 Å². The molecule has 1 unspecified atom stereocenters. The van der Waals surface area contributed by atoms with Crippen molar-refractivity contribution in [2.75, 3.05) is 5.73 Å². The normalized spacial score (nSPS) is 14.9. The summed E-state index contributed by atoms with van der Waals surface area (Å²) in [6.07, 6.45) is -3.59. The Morgan fingerprint density at radius 2 is 1.95 bits per heavy atom. The van der Waals surface area contributed by atoms with Crippen molar-refractivity contribution in [2.24, 2.45) is 0 Å². The number of hydrogen-bond donors (Lipinski definition) is 4. The summed E-state index contributed by atoms with van der Waals surface area (Å²) in [4.78, 5) is 33.2. The fourth-order valence-electron chi connectivity index (χ4n) is 3.55. The predicted octanol–water partition coefficient (Wildman–Crippen LogP) is 3.50. The number of aliphatic hydroxyl groups is 1. The van der Waals surface area contributed by atoms with Crippen LogP contribution in [0.2, 0.25) is 0 Å². The second-order valence-corrected chi connectivity index (χ2v) is 8.68. The summed E-state index contributed by atoms with van der Waals surface area (Å²) < 4.78 is 45.8. The van der Waals surface area contributed by atoms with Crippen molar-refractivity contribution in [1.82, 2.24) is 20.6 Å². The van der Waals surface area contributed by atoms with E-state index in [9.17, 15) is 27.9 Å². The van der Waals surface area contributed by atoms with Gasteiger partial charge >= 0.3 is 6.18 Å². The maximum atomic E-state index is 13.5. The van der Waals surface area contributed by atoms with Gasteiger partial charge in [-0.3, -0.25) is 14.6 Å². The molecule has 1 aliphatic carbocycles. The van der Waals surface area contributed by atoms with E-state index in [0.717, 1.165) is 12.1 Å². The number of halogens is 3. The Balaban J connectivity index is 1.36. The number of hydrogen-bond acceptors (Lipinski definition) is 7. The van der Waals surface area contributed by atoms with Crippen LogP contribution in [0.15, 0.2) is 54.7 Å².